The third-order valence-corrected chi connectivity index (χ3v) is 2.57. The van der Waals surface area contributed by atoms with Gasteiger partial charge in [0.25, 0.3) is 10.1 Å². The van der Waals surface area contributed by atoms with E-state index in [-0.39, 0.29) is 41.3 Å². The van der Waals surface area contributed by atoms with Crippen LogP contribution < -0.4 is 0 Å². The molecule has 0 spiro atoms. The number of hydrogen-bond acceptors (Lipinski definition) is 4. The van der Waals surface area contributed by atoms with Gasteiger partial charge in [-0.15, -0.1) is 0 Å². The molecule has 7 heteroatoms. The fourth-order valence-corrected chi connectivity index (χ4v) is 1.58. The van der Waals surface area contributed by atoms with Crippen molar-refractivity contribution in [1.82, 2.24) is 0 Å². The minimum atomic E-state index is -3.82. The zero-order valence-corrected chi connectivity index (χ0v) is 9.05. The molecule has 0 aliphatic carbocycles. The fourth-order valence-electron chi connectivity index (χ4n) is 1.01. The molecule has 1 N–H and O–H groups in total. The van der Waals surface area contributed by atoms with Crippen molar-refractivity contribution in [3.63, 3.8) is 0 Å². The van der Waals surface area contributed by atoms with E-state index in [4.69, 9.17) is 4.55 Å². The molecule has 0 aromatic rings. The summed E-state index contributed by atoms with van der Waals surface area (Å²) in [4.78, 5) is 10.6. The van der Waals surface area contributed by atoms with Crippen LogP contribution in [0.1, 0.15) is 32.1 Å². The third-order valence-electron chi connectivity index (χ3n) is 1.76. The van der Waals surface area contributed by atoms with Gasteiger partial charge in [0.05, 0.1) is 12.9 Å². The molecule has 0 unspecified atom stereocenters. The van der Waals surface area contributed by atoms with E-state index < -0.39 is 10.1 Å². The molecule has 0 aromatic heterocycles. The molecule has 0 fully saturated rings. The Labute approximate surface area is 113 Å². The number of carbonyl (C=O) groups excluding carboxylic acids is 1. The molecule has 5 nitrogen and oxygen atoms in total. The number of rotatable bonds is 7. The topological polar surface area (TPSA) is 80.7 Å². The van der Waals surface area contributed by atoms with Crippen LogP contribution in [0.3, 0.4) is 0 Å². The first kappa shape index (κ1) is 17.8. The summed E-state index contributed by atoms with van der Waals surface area (Å²) in [5, 5.41) is 0. The zero-order valence-electron chi connectivity index (χ0n) is 8.23. The Morgan fingerprint density at radius 1 is 1.20 bits per heavy atom. The van der Waals surface area contributed by atoms with E-state index in [9.17, 15) is 13.2 Å². The maximum absolute atomic E-state index is 10.6. The van der Waals surface area contributed by atoms with E-state index in [2.05, 4.69) is 4.74 Å². The SMILES string of the molecule is COC(=O)CCCCCCS(=O)(=O)O.[NaH]. The van der Waals surface area contributed by atoms with E-state index in [0.717, 1.165) is 6.42 Å². The van der Waals surface area contributed by atoms with Gasteiger partial charge in [-0.05, 0) is 12.8 Å². The first-order valence-electron chi connectivity index (χ1n) is 4.47. The molecule has 0 aliphatic rings. The van der Waals surface area contributed by atoms with Crippen LogP contribution in [-0.4, -0.2) is 61.4 Å². The van der Waals surface area contributed by atoms with Crippen LogP contribution in [0.15, 0.2) is 0 Å². The van der Waals surface area contributed by atoms with Crippen LogP contribution in [0.25, 0.3) is 0 Å². The Morgan fingerprint density at radius 3 is 2.20 bits per heavy atom. The van der Waals surface area contributed by atoms with Gasteiger partial charge in [0, 0.05) is 6.42 Å². The molecule has 0 heterocycles. The number of hydrogen-bond donors (Lipinski definition) is 1. The molecule has 0 saturated heterocycles. The van der Waals surface area contributed by atoms with Crippen molar-refractivity contribution in [2.24, 2.45) is 0 Å². The predicted molar refractivity (Wildman–Crippen MR) is 58.7 cm³/mol. The standard InChI is InChI=1S/C8H16O5S.Na.H/c1-13-8(9)6-4-2-3-5-7-14(10,11)12;;/h2-7H2,1H3,(H,10,11,12);;. The number of methoxy groups -OCH3 is 1. The molecule has 0 aliphatic heterocycles. The van der Waals surface area contributed by atoms with E-state index in [0.29, 0.717) is 25.7 Å². The molecule has 0 atom stereocenters. The number of unbranched alkanes of at least 4 members (excludes halogenated alkanes) is 3. The molecule has 0 aromatic carbocycles. The second kappa shape index (κ2) is 9.59. The Kier molecular flexibility index (Phi) is 11.4. The van der Waals surface area contributed by atoms with Gasteiger partial charge in [-0.2, -0.15) is 8.42 Å². The maximum atomic E-state index is 10.6. The summed E-state index contributed by atoms with van der Waals surface area (Å²) in [5.74, 6) is -0.453. The summed E-state index contributed by atoms with van der Waals surface area (Å²) < 4.78 is 33.4. The van der Waals surface area contributed by atoms with Gasteiger partial charge < -0.3 is 4.74 Å². The van der Waals surface area contributed by atoms with Crippen LogP contribution >= 0.6 is 0 Å². The quantitative estimate of drug-likeness (QED) is 0.304. The summed E-state index contributed by atoms with van der Waals surface area (Å²) in [6.45, 7) is 0. The second-order valence-electron chi connectivity index (χ2n) is 3.03. The van der Waals surface area contributed by atoms with E-state index >= 15 is 0 Å². The molecule has 15 heavy (non-hydrogen) atoms. The first-order valence-corrected chi connectivity index (χ1v) is 6.08. The van der Waals surface area contributed by atoms with Gasteiger partial charge in [-0.3, -0.25) is 9.35 Å². The fraction of sp³-hybridized carbons (Fsp3) is 0.875. The normalized spacial score (nSPS) is 10.5. The van der Waals surface area contributed by atoms with Gasteiger partial charge in [0.15, 0.2) is 0 Å². The summed E-state index contributed by atoms with van der Waals surface area (Å²) >= 11 is 0. The summed E-state index contributed by atoms with van der Waals surface area (Å²) in [5.41, 5.74) is 0. The van der Waals surface area contributed by atoms with Crippen molar-refractivity contribution in [3.05, 3.63) is 0 Å². The first-order chi connectivity index (χ1) is 6.45. The van der Waals surface area contributed by atoms with E-state index in [1.807, 2.05) is 0 Å². The summed E-state index contributed by atoms with van der Waals surface area (Å²) in [7, 11) is -2.49. The van der Waals surface area contributed by atoms with Gasteiger partial charge in [-0.25, -0.2) is 0 Å². The molecular formula is C8H17NaO5S. The second-order valence-corrected chi connectivity index (χ2v) is 4.60. The van der Waals surface area contributed by atoms with Gasteiger partial charge in [-0.1, -0.05) is 12.8 Å². The Morgan fingerprint density at radius 2 is 1.73 bits per heavy atom. The van der Waals surface area contributed by atoms with Crippen molar-refractivity contribution in [2.75, 3.05) is 12.9 Å². The summed E-state index contributed by atoms with van der Waals surface area (Å²) in [6.07, 6.45) is 2.95. The average molecular weight is 248 g/mol. The summed E-state index contributed by atoms with van der Waals surface area (Å²) in [6, 6.07) is 0. The monoisotopic (exact) mass is 248 g/mol. The van der Waals surface area contributed by atoms with Crippen LogP contribution in [0.5, 0.6) is 0 Å². The van der Waals surface area contributed by atoms with Crippen molar-refractivity contribution in [3.8, 4) is 0 Å². The van der Waals surface area contributed by atoms with Crippen LogP contribution in [0.2, 0.25) is 0 Å². The van der Waals surface area contributed by atoms with Crippen LogP contribution in [0, 0.1) is 0 Å². The molecule has 0 saturated carbocycles. The van der Waals surface area contributed by atoms with Crippen molar-refractivity contribution >= 4 is 45.6 Å². The Bertz CT molecular complexity index is 262. The number of esters is 1. The molecule has 0 rings (SSSR count). The van der Waals surface area contributed by atoms with Gasteiger partial charge in [0.2, 0.25) is 0 Å². The van der Waals surface area contributed by atoms with Gasteiger partial charge >= 0.3 is 35.5 Å². The molecular weight excluding hydrogens is 231 g/mol. The average Bonchev–Trinajstić information content (AvgIpc) is 2.08. The van der Waals surface area contributed by atoms with Crippen molar-refractivity contribution in [1.29, 1.82) is 0 Å². The molecule has 0 bridgehead atoms. The van der Waals surface area contributed by atoms with Crippen molar-refractivity contribution in [2.45, 2.75) is 32.1 Å². The number of ether oxygens (including phenoxy) is 1. The molecule has 0 radical (unpaired) electrons. The van der Waals surface area contributed by atoms with E-state index in [1.54, 1.807) is 0 Å². The number of carbonyl (C=O) groups is 1. The van der Waals surface area contributed by atoms with Gasteiger partial charge in [0.1, 0.15) is 0 Å². The third kappa shape index (κ3) is 14.4. The minimum absolute atomic E-state index is 0. The van der Waals surface area contributed by atoms with Crippen molar-refractivity contribution < 1.29 is 22.5 Å². The molecule has 0 amide bonds. The predicted octanol–water partition coefficient (Wildman–Crippen LogP) is 0.349. The Hall–Kier alpha value is 0.380. The zero-order chi connectivity index (χ0) is 11.0. The Balaban J connectivity index is 0. The van der Waals surface area contributed by atoms with Crippen LogP contribution in [-0.2, 0) is 19.6 Å². The van der Waals surface area contributed by atoms with E-state index in [1.165, 1.54) is 7.11 Å². The molecule has 86 valence electrons. The van der Waals surface area contributed by atoms with Crippen LogP contribution in [0.4, 0.5) is 0 Å².